The Labute approximate surface area is 87.9 Å². The van der Waals surface area contributed by atoms with Crippen molar-refractivity contribution < 1.29 is 9.59 Å². The maximum atomic E-state index is 11.9. The predicted molar refractivity (Wildman–Crippen MR) is 57.6 cm³/mol. The molecule has 2 rings (SSSR count). The standard InChI is InChI=1S/C13H10O2/c14-12-9-5-4-8-11(12)13(15)10-6-2-1-3-7-10/h1-8H,9H2. The van der Waals surface area contributed by atoms with Crippen LogP contribution in [0.1, 0.15) is 16.8 Å². The Balaban J connectivity index is 2.33. The largest absolute Gasteiger partial charge is 0.294 e. The lowest BCUT2D eigenvalue weighted by Gasteiger charge is -2.06. The van der Waals surface area contributed by atoms with Crippen molar-refractivity contribution in [1.29, 1.82) is 0 Å². The van der Waals surface area contributed by atoms with Crippen LogP contribution in [0.5, 0.6) is 0 Å². The molecule has 0 unspecified atom stereocenters. The van der Waals surface area contributed by atoms with Crippen LogP contribution in [0.25, 0.3) is 0 Å². The van der Waals surface area contributed by atoms with Gasteiger partial charge in [-0.3, -0.25) is 9.59 Å². The number of benzene rings is 1. The van der Waals surface area contributed by atoms with Crippen LogP contribution < -0.4 is 0 Å². The van der Waals surface area contributed by atoms with Crippen molar-refractivity contribution in [2.75, 3.05) is 0 Å². The molecule has 0 saturated heterocycles. The van der Waals surface area contributed by atoms with Gasteiger partial charge in [0.2, 0.25) is 0 Å². The minimum Gasteiger partial charge on any atom is -0.294 e. The summed E-state index contributed by atoms with van der Waals surface area (Å²) in [5, 5.41) is 0. The van der Waals surface area contributed by atoms with Gasteiger partial charge in [-0.1, -0.05) is 42.5 Å². The Morgan fingerprint density at radius 3 is 2.53 bits per heavy atom. The van der Waals surface area contributed by atoms with E-state index >= 15 is 0 Å². The number of carbonyl (C=O) groups excluding carboxylic acids is 2. The minimum absolute atomic E-state index is 0.105. The second-order valence-corrected chi connectivity index (χ2v) is 3.33. The summed E-state index contributed by atoms with van der Waals surface area (Å²) in [6, 6.07) is 8.85. The highest BCUT2D eigenvalue weighted by Crippen LogP contribution is 2.14. The SMILES string of the molecule is O=C1CC=CC=C1C(=O)c1ccccc1. The Morgan fingerprint density at radius 2 is 1.87 bits per heavy atom. The average molecular weight is 198 g/mol. The van der Waals surface area contributed by atoms with Crippen LogP contribution in [0, 0.1) is 0 Å². The lowest BCUT2D eigenvalue weighted by molar-refractivity contribution is -0.114. The first-order valence-electron chi connectivity index (χ1n) is 4.79. The molecule has 0 radical (unpaired) electrons. The van der Waals surface area contributed by atoms with Crippen molar-refractivity contribution in [1.82, 2.24) is 0 Å². The number of rotatable bonds is 2. The molecule has 0 amide bonds. The molecule has 1 aliphatic carbocycles. The van der Waals surface area contributed by atoms with Crippen molar-refractivity contribution >= 4 is 11.6 Å². The monoisotopic (exact) mass is 198 g/mol. The molecule has 0 atom stereocenters. The first-order valence-corrected chi connectivity index (χ1v) is 4.79. The molecule has 2 heteroatoms. The molecular formula is C13H10O2. The fourth-order valence-electron chi connectivity index (χ4n) is 1.49. The van der Waals surface area contributed by atoms with Crippen LogP contribution in [0.4, 0.5) is 0 Å². The van der Waals surface area contributed by atoms with E-state index in [1.54, 1.807) is 42.5 Å². The summed E-state index contributed by atoms with van der Waals surface area (Å²) in [5.74, 6) is -0.295. The van der Waals surface area contributed by atoms with Crippen LogP contribution >= 0.6 is 0 Å². The normalized spacial score (nSPS) is 14.9. The molecule has 0 bridgehead atoms. The van der Waals surface area contributed by atoms with E-state index in [0.29, 0.717) is 12.0 Å². The predicted octanol–water partition coefficient (Wildman–Crippen LogP) is 2.32. The number of allylic oxidation sites excluding steroid dienone is 4. The van der Waals surface area contributed by atoms with Crippen molar-refractivity contribution in [2.24, 2.45) is 0 Å². The maximum Gasteiger partial charge on any atom is 0.196 e. The van der Waals surface area contributed by atoms with Crippen molar-refractivity contribution in [3.63, 3.8) is 0 Å². The Bertz CT molecular complexity index is 453. The zero-order valence-electron chi connectivity index (χ0n) is 8.14. The van der Waals surface area contributed by atoms with Gasteiger partial charge in [-0.2, -0.15) is 0 Å². The molecular weight excluding hydrogens is 188 g/mol. The molecule has 0 spiro atoms. The highest BCUT2D eigenvalue weighted by Gasteiger charge is 2.19. The van der Waals surface area contributed by atoms with Gasteiger partial charge in [0.15, 0.2) is 11.6 Å². The van der Waals surface area contributed by atoms with Crippen LogP contribution in [-0.4, -0.2) is 11.6 Å². The third kappa shape index (κ3) is 1.94. The summed E-state index contributed by atoms with van der Waals surface area (Å²) in [6.07, 6.45) is 5.41. The zero-order valence-corrected chi connectivity index (χ0v) is 8.14. The summed E-state index contributed by atoms with van der Waals surface area (Å²) in [7, 11) is 0. The van der Waals surface area contributed by atoms with Gasteiger partial charge in [0.25, 0.3) is 0 Å². The maximum absolute atomic E-state index is 11.9. The molecule has 1 aromatic rings. The molecule has 15 heavy (non-hydrogen) atoms. The van der Waals surface area contributed by atoms with Crippen LogP contribution in [0.2, 0.25) is 0 Å². The summed E-state index contributed by atoms with van der Waals surface area (Å²) >= 11 is 0. The molecule has 0 aliphatic heterocycles. The number of hydrogen-bond donors (Lipinski definition) is 0. The average Bonchev–Trinajstić information content (AvgIpc) is 2.30. The van der Waals surface area contributed by atoms with E-state index in [1.807, 2.05) is 6.07 Å². The second-order valence-electron chi connectivity index (χ2n) is 3.33. The van der Waals surface area contributed by atoms with Crippen molar-refractivity contribution in [3.8, 4) is 0 Å². The van der Waals surface area contributed by atoms with Gasteiger partial charge in [-0.25, -0.2) is 0 Å². The van der Waals surface area contributed by atoms with Gasteiger partial charge in [-0.15, -0.1) is 0 Å². The van der Waals surface area contributed by atoms with Gasteiger partial charge in [0, 0.05) is 12.0 Å². The van der Waals surface area contributed by atoms with Gasteiger partial charge >= 0.3 is 0 Å². The lowest BCUT2D eigenvalue weighted by atomic mass is 9.95. The fourth-order valence-corrected chi connectivity index (χ4v) is 1.49. The van der Waals surface area contributed by atoms with Crippen molar-refractivity contribution in [2.45, 2.75) is 6.42 Å². The first kappa shape index (κ1) is 9.59. The molecule has 2 nitrogen and oxygen atoms in total. The molecule has 0 heterocycles. The summed E-state index contributed by atoms with van der Waals surface area (Å²) in [4.78, 5) is 23.4. The van der Waals surface area contributed by atoms with E-state index in [4.69, 9.17) is 0 Å². The van der Waals surface area contributed by atoms with Crippen LogP contribution in [-0.2, 0) is 4.79 Å². The number of ketones is 2. The van der Waals surface area contributed by atoms with Gasteiger partial charge in [-0.05, 0) is 6.08 Å². The molecule has 1 aromatic carbocycles. The van der Waals surface area contributed by atoms with Crippen LogP contribution in [0.15, 0.2) is 54.1 Å². The lowest BCUT2D eigenvalue weighted by Crippen LogP contribution is -2.14. The molecule has 0 aromatic heterocycles. The molecule has 74 valence electrons. The van der Waals surface area contributed by atoms with Crippen LogP contribution in [0.3, 0.4) is 0 Å². The van der Waals surface area contributed by atoms with Crippen molar-refractivity contribution in [3.05, 3.63) is 59.7 Å². The summed E-state index contributed by atoms with van der Waals surface area (Å²) < 4.78 is 0. The quantitative estimate of drug-likeness (QED) is 0.540. The third-order valence-corrected chi connectivity index (χ3v) is 2.28. The topological polar surface area (TPSA) is 34.1 Å². The Kier molecular flexibility index (Phi) is 2.59. The van der Waals surface area contributed by atoms with E-state index in [-0.39, 0.29) is 17.1 Å². The Hall–Kier alpha value is -1.96. The Morgan fingerprint density at radius 1 is 1.13 bits per heavy atom. The highest BCUT2D eigenvalue weighted by molar-refractivity contribution is 6.27. The molecule has 1 aliphatic rings. The number of hydrogen-bond acceptors (Lipinski definition) is 2. The van der Waals surface area contributed by atoms with E-state index in [0.717, 1.165) is 0 Å². The second kappa shape index (κ2) is 4.05. The number of Topliss-reactive ketones (excluding diaryl/α,β-unsaturated/α-hetero) is 2. The zero-order chi connectivity index (χ0) is 10.7. The summed E-state index contributed by atoms with van der Waals surface area (Å²) in [5.41, 5.74) is 0.844. The van der Waals surface area contributed by atoms with Gasteiger partial charge in [0.1, 0.15) is 0 Å². The van der Waals surface area contributed by atoms with E-state index in [9.17, 15) is 9.59 Å². The minimum atomic E-state index is -0.190. The van der Waals surface area contributed by atoms with E-state index in [2.05, 4.69) is 0 Å². The van der Waals surface area contributed by atoms with Gasteiger partial charge in [0.05, 0.1) is 5.57 Å². The van der Waals surface area contributed by atoms with E-state index in [1.165, 1.54) is 0 Å². The smallest absolute Gasteiger partial charge is 0.196 e. The van der Waals surface area contributed by atoms with E-state index < -0.39 is 0 Å². The number of carbonyl (C=O) groups is 2. The van der Waals surface area contributed by atoms with Gasteiger partial charge < -0.3 is 0 Å². The first-order chi connectivity index (χ1) is 7.29. The third-order valence-electron chi connectivity index (χ3n) is 2.28. The summed E-state index contributed by atoms with van der Waals surface area (Å²) in [6.45, 7) is 0. The molecule has 0 saturated carbocycles. The molecule has 0 N–H and O–H groups in total. The highest BCUT2D eigenvalue weighted by atomic mass is 16.1. The fraction of sp³-hybridized carbons (Fsp3) is 0.0769. The molecule has 0 fully saturated rings.